The summed E-state index contributed by atoms with van der Waals surface area (Å²) in [4.78, 5) is 11.2. The lowest BCUT2D eigenvalue weighted by molar-refractivity contribution is 0.100. The Morgan fingerprint density at radius 2 is 2.00 bits per heavy atom. The second-order valence-corrected chi connectivity index (χ2v) is 4.84. The normalized spacial score (nSPS) is 12.5. The van der Waals surface area contributed by atoms with E-state index in [9.17, 15) is 4.79 Å². The Morgan fingerprint density at radius 3 is 2.53 bits per heavy atom. The van der Waals surface area contributed by atoms with Gasteiger partial charge >= 0.3 is 0 Å². The number of hydrogen-bond acceptors (Lipinski definition) is 3. The zero-order valence-electron chi connectivity index (χ0n) is 10.7. The van der Waals surface area contributed by atoms with Crippen LogP contribution >= 0.6 is 0 Å². The van der Waals surface area contributed by atoms with Gasteiger partial charge in [-0.25, -0.2) is 0 Å². The molecule has 0 spiro atoms. The molecule has 1 aromatic rings. The second kappa shape index (κ2) is 5.57. The maximum Gasteiger partial charge on any atom is 0.250 e. The summed E-state index contributed by atoms with van der Waals surface area (Å²) in [5.74, 6) is 0.129. The highest BCUT2D eigenvalue weighted by Gasteiger charge is 2.09. The van der Waals surface area contributed by atoms with Gasteiger partial charge in [0.05, 0.1) is 5.56 Å². The minimum absolute atomic E-state index is 0.347. The quantitative estimate of drug-likeness (QED) is 0.684. The molecular weight excluding hydrogens is 214 g/mol. The fourth-order valence-electron chi connectivity index (χ4n) is 1.91. The van der Waals surface area contributed by atoms with Gasteiger partial charge in [0.15, 0.2) is 0 Å². The van der Waals surface area contributed by atoms with Crippen molar-refractivity contribution in [2.45, 2.75) is 33.2 Å². The maximum atomic E-state index is 11.2. The smallest absolute Gasteiger partial charge is 0.250 e. The van der Waals surface area contributed by atoms with Gasteiger partial charge in [-0.15, -0.1) is 0 Å². The van der Waals surface area contributed by atoms with Crippen LogP contribution in [0.5, 0.6) is 0 Å². The predicted octanol–water partition coefficient (Wildman–Crippen LogP) is 2.21. The van der Waals surface area contributed by atoms with Crippen molar-refractivity contribution in [2.24, 2.45) is 11.7 Å². The third-order valence-corrected chi connectivity index (χ3v) is 2.56. The lowest BCUT2D eigenvalue weighted by Gasteiger charge is -2.18. The summed E-state index contributed by atoms with van der Waals surface area (Å²) in [5, 5.41) is 3.33. The average Bonchev–Trinajstić information content (AvgIpc) is 2.19. The molecule has 0 saturated heterocycles. The molecule has 4 nitrogen and oxygen atoms in total. The van der Waals surface area contributed by atoms with Crippen LogP contribution < -0.4 is 16.8 Å². The molecule has 0 aromatic heterocycles. The topological polar surface area (TPSA) is 81.1 Å². The highest BCUT2D eigenvalue weighted by molar-refractivity contribution is 5.98. The number of anilines is 2. The van der Waals surface area contributed by atoms with E-state index in [0.29, 0.717) is 23.2 Å². The summed E-state index contributed by atoms with van der Waals surface area (Å²) in [5.41, 5.74) is 12.6. The van der Waals surface area contributed by atoms with Crippen LogP contribution in [0.2, 0.25) is 0 Å². The number of carbonyl (C=O) groups is 1. The summed E-state index contributed by atoms with van der Waals surface area (Å²) >= 11 is 0. The predicted molar refractivity (Wildman–Crippen MR) is 71.9 cm³/mol. The first-order valence-electron chi connectivity index (χ1n) is 5.86. The summed E-state index contributed by atoms with van der Waals surface area (Å²) in [6.45, 7) is 6.46. The Morgan fingerprint density at radius 1 is 1.35 bits per heavy atom. The lowest BCUT2D eigenvalue weighted by atomic mass is 10.0. The van der Waals surface area contributed by atoms with E-state index in [4.69, 9.17) is 11.5 Å². The van der Waals surface area contributed by atoms with Crippen molar-refractivity contribution in [3.63, 3.8) is 0 Å². The van der Waals surface area contributed by atoms with E-state index in [1.165, 1.54) is 0 Å². The Balaban J connectivity index is 2.79. The minimum atomic E-state index is -0.498. The van der Waals surface area contributed by atoms with E-state index in [2.05, 4.69) is 26.1 Å². The molecule has 0 radical (unpaired) electrons. The molecule has 1 atom stereocenters. The highest BCUT2D eigenvalue weighted by atomic mass is 16.1. The van der Waals surface area contributed by atoms with Gasteiger partial charge in [-0.1, -0.05) is 13.8 Å². The van der Waals surface area contributed by atoms with Crippen molar-refractivity contribution in [1.29, 1.82) is 0 Å². The van der Waals surface area contributed by atoms with Crippen LogP contribution in [0.3, 0.4) is 0 Å². The number of nitrogen functional groups attached to an aromatic ring is 1. The monoisotopic (exact) mass is 235 g/mol. The molecule has 1 rings (SSSR count). The van der Waals surface area contributed by atoms with E-state index in [-0.39, 0.29) is 0 Å². The van der Waals surface area contributed by atoms with Crippen LogP contribution in [0.4, 0.5) is 11.4 Å². The second-order valence-electron chi connectivity index (χ2n) is 4.84. The van der Waals surface area contributed by atoms with Crippen molar-refractivity contribution in [2.75, 3.05) is 11.1 Å². The first kappa shape index (κ1) is 13.4. The fourth-order valence-corrected chi connectivity index (χ4v) is 1.91. The van der Waals surface area contributed by atoms with Gasteiger partial charge in [-0.3, -0.25) is 4.79 Å². The number of rotatable bonds is 5. The number of nitrogens with two attached hydrogens (primary N) is 2. The Kier molecular flexibility index (Phi) is 4.37. The molecule has 17 heavy (non-hydrogen) atoms. The van der Waals surface area contributed by atoms with Gasteiger partial charge in [0.1, 0.15) is 0 Å². The van der Waals surface area contributed by atoms with Crippen LogP contribution in [-0.2, 0) is 0 Å². The zero-order chi connectivity index (χ0) is 13.0. The largest absolute Gasteiger partial charge is 0.398 e. The average molecular weight is 235 g/mol. The third-order valence-electron chi connectivity index (χ3n) is 2.56. The summed E-state index contributed by atoms with van der Waals surface area (Å²) in [6.07, 6.45) is 1.07. The summed E-state index contributed by atoms with van der Waals surface area (Å²) in [7, 11) is 0. The Hall–Kier alpha value is -1.71. The molecule has 0 aliphatic rings. The molecule has 4 heteroatoms. The molecule has 94 valence electrons. The van der Waals surface area contributed by atoms with E-state index in [1.807, 2.05) is 6.07 Å². The summed E-state index contributed by atoms with van der Waals surface area (Å²) < 4.78 is 0. The Bertz CT molecular complexity index is 402. The zero-order valence-corrected chi connectivity index (χ0v) is 10.7. The SMILES string of the molecule is CC(C)CC(C)Nc1ccc(N)c(C(N)=O)c1. The molecular formula is C13H21N3O. The number of nitrogens with one attached hydrogen (secondary N) is 1. The lowest BCUT2D eigenvalue weighted by Crippen LogP contribution is -2.19. The maximum absolute atomic E-state index is 11.2. The molecule has 0 heterocycles. The molecule has 1 amide bonds. The van der Waals surface area contributed by atoms with Crippen molar-refractivity contribution in [3.05, 3.63) is 23.8 Å². The van der Waals surface area contributed by atoms with Crippen LogP contribution in [0, 0.1) is 5.92 Å². The highest BCUT2D eigenvalue weighted by Crippen LogP contribution is 2.19. The molecule has 1 unspecified atom stereocenters. The minimum Gasteiger partial charge on any atom is -0.398 e. The van der Waals surface area contributed by atoms with Crippen LogP contribution in [0.1, 0.15) is 37.6 Å². The summed E-state index contributed by atoms with van der Waals surface area (Å²) in [6, 6.07) is 5.61. The van der Waals surface area contributed by atoms with E-state index in [0.717, 1.165) is 12.1 Å². The molecule has 0 fully saturated rings. The van der Waals surface area contributed by atoms with Gasteiger partial charge in [0, 0.05) is 17.4 Å². The van der Waals surface area contributed by atoms with E-state index < -0.39 is 5.91 Å². The molecule has 0 saturated carbocycles. The number of carbonyl (C=O) groups excluding carboxylic acids is 1. The van der Waals surface area contributed by atoms with Gasteiger partial charge in [-0.05, 0) is 37.5 Å². The van der Waals surface area contributed by atoms with Crippen molar-refractivity contribution in [3.8, 4) is 0 Å². The Labute approximate surface area is 102 Å². The van der Waals surface area contributed by atoms with Gasteiger partial charge in [-0.2, -0.15) is 0 Å². The number of hydrogen-bond donors (Lipinski definition) is 3. The van der Waals surface area contributed by atoms with Gasteiger partial charge in [0.2, 0.25) is 0 Å². The molecule has 1 aromatic carbocycles. The van der Waals surface area contributed by atoms with Crippen molar-refractivity contribution in [1.82, 2.24) is 0 Å². The molecule has 0 bridgehead atoms. The van der Waals surface area contributed by atoms with Crippen LogP contribution in [-0.4, -0.2) is 11.9 Å². The molecule has 0 aliphatic heterocycles. The standard InChI is InChI=1S/C13H21N3O/c1-8(2)6-9(3)16-10-4-5-12(14)11(7-10)13(15)17/h4-5,7-9,16H,6,14H2,1-3H3,(H2,15,17). The molecule has 0 aliphatic carbocycles. The molecule has 5 N–H and O–H groups in total. The number of benzene rings is 1. The number of primary amides is 1. The van der Waals surface area contributed by atoms with Crippen molar-refractivity contribution < 1.29 is 4.79 Å². The van der Waals surface area contributed by atoms with E-state index in [1.54, 1.807) is 12.1 Å². The fraction of sp³-hybridized carbons (Fsp3) is 0.462. The first-order valence-corrected chi connectivity index (χ1v) is 5.86. The van der Waals surface area contributed by atoms with Gasteiger partial charge < -0.3 is 16.8 Å². The van der Waals surface area contributed by atoms with Crippen LogP contribution in [0.15, 0.2) is 18.2 Å². The van der Waals surface area contributed by atoms with Crippen LogP contribution in [0.25, 0.3) is 0 Å². The van der Waals surface area contributed by atoms with Gasteiger partial charge in [0.25, 0.3) is 5.91 Å². The number of amides is 1. The third kappa shape index (κ3) is 3.98. The van der Waals surface area contributed by atoms with Crippen molar-refractivity contribution >= 4 is 17.3 Å². The first-order chi connectivity index (χ1) is 7.90. The van der Waals surface area contributed by atoms with E-state index >= 15 is 0 Å².